The molecular formula is C19H26N4O2. The summed E-state index contributed by atoms with van der Waals surface area (Å²) in [5.74, 6) is 2.35. The molecule has 1 aliphatic rings. The molecule has 1 aliphatic heterocycles. The van der Waals surface area contributed by atoms with Crippen molar-refractivity contribution in [2.24, 2.45) is 5.92 Å². The predicted molar refractivity (Wildman–Crippen MR) is 97.4 cm³/mol. The number of aromatic nitrogens is 1. The Balaban J connectivity index is 1.47. The number of carbonyl (C=O) groups is 1. The van der Waals surface area contributed by atoms with Gasteiger partial charge in [0.1, 0.15) is 11.6 Å². The number of carbonyl (C=O) groups excluding carboxylic acids is 1. The third-order valence-corrected chi connectivity index (χ3v) is 4.50. The SMILES string of the molecule is CCNC(=O)c1ccc(NCC2CCCN(Cc3ccco3)C2)nc1. The average molecular weight is 342 g/mol. The van der Waals surface area contributed by atoms with Crippen molar-refractivity contribution in [3.05, 3.63) is 48.0 Å². The second-order valence-electron chi connectivity index (χ2n) is 6.50. The zero-order valence-electron chi connectivity index (χ0n) is 14.7. The third-order valence-electron chi connectivity index (χ3n) is 4.50. The first-order valence-corrected chi connectivity index (χ1v) is 8.97. The maximum absolute atomic E-state index is 11.7. The van der Waals surface area contributed by atoms with Crippen LogP contribution >= 0.6 is 0 Å². The van der Waals surface area contributed by atoms with Crippen LogP contribution in [0.4, 0.5) is 5.82 Å². The van der Waals surface area contributed by atoms with Gasteiger partial charge in [-0.3, -0.25) is 9.69 Å². The van der Waals surface area contributed by atoms with Crippen molar-refractivity contribution in [2.45, 2.75) is 26.3 Å². The van der Waals surface area contributed by atoms with Crippen molar-refractivity contribution in [2.75, 3.05) is 31.5 Å². The Bertz CT molecular complexity index is 655. The van der Waals surface area contributed by atoms with E-state index in [1.165, 1.54) is 12.8 Å². The highest BCUT2D eigenvalue weighted by Gasteiger charge is 2.20. The van der Waals surface area contributed by atoms with Gasteiger partial charge in [0.15, 0.2) is 0 Å². The molecule has 3 heterocycles. The number of piperidine rings is 1. The van der Waals surface area contributed by atoms with Crippen molar-refractivity contribution < 1.29 is 9.21 Å². The number of furan rings is 1. The van der Waals surface area contributed by atoms with E-state index < -0.39 is 0 Å². The lowest BCUT2D eigenvalue weighted by molar-refractivity contribution is 0.0955. The zero-order valence-corrected chi connectivity index (χ0v) is 14.7. The Morgan fingerprint density at radius 2 is 2.32 bits per heavy atom. The van der Waals surface area contributed by atoms with E-state index >= 15 is 0 Å². The second kappa shape index (κ2) is 8.67. The van der Waals surface area contributed by atoms with E-state index in [9.17, 15) is 4.79 Å². The predicted octanol–water partition coefficient (Wildman–Crippen LogP) is 2.75. The quantitative estimate of drug-likeness (QED) is 0.810. The van der Waals surface area contributed by atoms with Crippen molar-refractivity contribution in [3.8, 4) is 0 Å². The Hall–Kier alpha value is -2.34. The second-order valence-corrected chi connectivity index (χ2v) is 6.50. The molecule has 0 radical (unpaired) electrons. The van der Waals surface area contributed by atoms with Gasteiger partial charge in [-0.05, 0) is 56.5 Å². The molecule has 134 valence electrons. The van der Waals surface area contributed by atoms with E-state index in [2.05, 4.69) is 20.5 Å². The summed E-state index contributed by atoms with van der Waals surface area (Å²) in [6, 6.07) is 7.65. The van der Waals surface area contributed by atoms with Gasteiger partial charge in [-0.2, -0.15) is 0 Å². The maximum atomic E-state index is 11.7. The van der Waals surface area contributed by atoms with Crippen LogP contribution in [0.2, 0.25) is 0 Å². The summed E-state index contributed by atoms with van der Waals surface area (Å²) in [6.45, 7) is 6.47. The fourth-order valence-corrected chi connectivity index (χ4v) is 3.23. The molecule has 0 spiro atoms. The molecule has 1 atom stereocenters. The Labute approximate surface area is 148 Å². The van der Waals surface area contributed by atoms with E-state index in [0.717, 1.165) is 37.8 Å². The summed E-state index contributed by atoms with van der Waals surface area (Å²) in [5.41, 5.74) is 0.592. The number of anilines is 1. The molecule has 6 nitrogen and oxygen atoms in total. The number of rotatable bonds is 7. The highest BCUT2D eigenvalue weighted by molar-refractivity contribution is 5.93. The van der Waals surface area contributed by atoms with Crippen molar-refractivity contribution in [1.82, 2.24) is 15.2 Å². The van der Waals surface area contributed by atoms with Gasteiger partial charge in [-0.15, -0.1) is 0 Å². The summed E-state index contributed by atoms with van der Waals surface area (Å²) >= 11 is 0. The van der Waals surface area contributed by atoms with E-state index in [-0.39, 0.29) is 5.91 Å². The van der Waals surface area contributed by atoms with Crippen LogP contribution < -0.4 is 10.6 Å². The first-order valence-electron chi connectivity index (χ1n) is 8.97. The molecule has 0 saturated carbocycles. The number of hydrogen-bond donors (Lipinski definition) is 2. The highest BCUT2D eigenvalue weighted by atomic mass is 16.3. The molecule has 2 aromatic rings. The summed E-state index contributed by atoms with van der Waals surface area (Å²) in [5, 5.41) is 6.17. The van der Waals surface area contributed by atoms with Crippen LogP contribution in [0.25, 0.3) is 0 Å². The molecule has 2 aromatic heterocycles. The van der Waals surface area contributed by atoms with Gasteiger partial charge in [0, 0.05) is 25.8 Å². The summed E-state index contributed by atoms with van der Waals surface area (Å²) in [4.78, 5) is 18.5. The summed E-state index contributed by atoms with van der Waals surface area (Å²) in [7, 11) is 0. The summed E-state index contributed by atoms with van der Waals surface area (Å²) < 4.78 is 5.45. The average Bonchev–Trinajstić information content (AvgIpc) is 3.14. The van der Waals surface area contributed by atoms with Gasteiger partial charge >= 0.3 is 0 Å². The van der Waals surface area contributed by atoms with Crippen LogP contribution in [0, 0.1) is 5.92 Å². The molecule has 1 saturated heterocycles. The molecule has 2 N–H and O–H groups in total. The van der Waals surface area contributed by atoms with Gasteiger partial charge in [0.05, 0.1) is 18.4 Å². The van der Waals surface area contributed by atoms with Crippen LogP contribution in [0.1, 0.15) is 35.9 Å². The van der Waals surface area contributed by atoms with Crippen molar-refractivity contribution in [1.29, 1.82) is 0 Å². The molecule has 0 aromatic carbocycles. The molecule has 6 heteroatoms. The molecule has 1 amide bonds. The normalized spacial score (nSPS) is 18.0. The number of amides is 1. The third kappa shape index (κ3) is 5.06. The number of likely N-dealkylation sites (tertiary alicyclic amines) is 1. The van der Waals surface area contributed by atoms with Crippen LogP contribution in [-0.2, 0) is 6.54 Å². The first kappa shape index (κ1) is 17.5. The van der Waals surface area contributed by atoms with Crippen LogP contribution in [0.15, 0.2) is 41.1 Å². The monoisotopic (exact) mass is 342 g/mol. The molecular weight excluding hydrogens is 316 g/mol. The number of nitrogens with zero attached hydrogens (tertiary/aromatic N) is 2. The molecule has 0 aliphatic carbocycles. The van der Waals surface area contributed by atoms with Crippen molar-refractivity contribution in [3.63, 3.8) is 0 Å². The molecule has 0 bridgehead atoms. The Morgan fingerprint density at radius 1 is 1.40 bits per heavy atom. The lowest BCUT2D eigenvalue weighted by atomic mass is 9.98. The minimum absolute atomic E-state index is 0.0811. The van der Waals surface area contributed by atoms with E-state index in [1.807, 2.05) is 31.2 Å². The maximum Gasteiger partial charge on any atom is 0.252 e. The largest absolute Gasteiger partial charge is 0.468 e. The molecule has 25 heavy (non-hydrogen) atoms. The zero-order chi connectivity index (χ0) is 17.5. The minimum Gasteiger partial charge on any atom is -0.468 e. The Kier molecular flexibility index (Phi) is 6.06. The van der Waals surface area contributed by atoms with Gasteiger partial charge in [0.2, 0.25) is 0 Å². The standard InChI is InChI=1S/C19H26N4O2/c1-2-20-19(24)16-7-8-18(22-12-16)21-11-15-5-3-9-23(13-15)14-17-6-4-10-25-17/h4,6-8,10,12,15H,2-3,5,9,11,13-14H2,1H3,(H,20,24)(H,21,22). The molecule has 3 rings (SSSR count). The molecule has 1 unspecified atom stereocenters. The number of nitrogens with one attached hydrogen (secondary N) is 2. The van der Waals surface area contributed by atoms with Crippen LogP contribution in [0.5, 0.6) is 0 Å². The fraction of sp³-hybridized carbons (Fsp3) is 0.474. The van der Waals surface area contributed by atoms with E-state index in [4.69, 9.17) is 4.42 Å². The highest BCUT2D eigenvalue weighted by Crippen LogP contribution is 2.19. The van der Waals surface area contributed by atoms with Gasteiger partial charge in [-0.1, -0.05) is 0 Å². The lowest BCUT2D eigenvalue weighted by Gasteiger charge is -2.32. The number of hydrogen-bond acceptors (Lipinski definition) is 5. The molecule has 1 fully saturated rings. The number of pyridine rings is 1. The van der Waals surface area contributed by atoms with Gasteiger partial charge in [0.25, 0.3) is 5.91 Å². The van der Waals surface area contributed by atoms with Crippen LogP contribution in [-0.4, -0.2) is 42.0 Å². The lowest BCUT2D eigenvalue weighted by Crippen LogP contribution is -2.37. The first-order chi connectivity index (χ1) is 12.2. The van der Waals surface area contributed by atoms with E-state index in [1.54, 1.807) is 12.5 Å². The summed E-state index contributed by atoms with van der Waals surface area (Å²) in [6.07, 6.45) is 5.78. The Morgan fingerprint density at radius 3 is 3.04 bits per heavy atom. The smallest absolute Gasteiger partial charge is 0.252 e. The topological polar surface area (TPSA) is 70.4 Å². The van der Waals surface area contributed by atoms with Crippen LogP contribution in [0.3, 0.4) is 0 Å². The fourth-order valence-electron chi connectivity index (χ4n) is 3.23. The van der Waals surface area contributed by atoms with Gasteiger partial charge in [-0.25, -0.2) is 4.98 Å². The van der Waals surface area contributed by atoms with E-state index in [0.29, 0.717) is 18.0 Å². The van der Waals surface area contributed by atoms with Crippen molar-refractivity contribution >= 4 is 11.7 Å². The minimum atomic E-state index is -0.0811. The van der Waals surface area contributed by atoms with Gasteiger partial charge < -0.3 is 15.1 Å².